The van der Waals surface area contributed by atoms with Crippen LogP contribution in [0.4, 0.5) is 0 Å². The van der Waals surface area contributed by atoms with Gasteiger partial charge in [0, 0.05) is 54.9 Å². The number of aliphatic hydroxyl groups is 1. The first-order valence-corrected chi connectivity index (χ1v) is 13.2. The maximum absolute atomic E-state index is 13.4. The number of ketones is 2. The minimum atomic E-state index is -0.787. The summed E-state index contributed by atoms with van der Waals surface area (Å²) in [5.41, 5.74) is 3.35. The lowest BCUT2D eigenvalue weighted by atomic mass is 9.70. The van der Waals surface area contributed by atoms with Gasteiger partial charge in [-0.25, -0.2) is 0 Å². The van der Waals surface area contributed by atoms with E-state index in [1.165, 1.54) is 21.0 Å². The number of methoxy groups -OCH3 is 2. The van der Waals surface area contributed by atoms with E-state index in [0.717, 1.165) is 16.7 Å². The molecule has 5 atom stereocenters. The molecule has 0 aromatic heterocycles. The maximum Gasteiger partial charge on any atom is 0.232 e. The zero-order chi connectivity index (χ0) is 29.0. The number of piperazine rings is 1. The number of nitriles is 1. The second-order valence-corrected chi connectivity index (χ2v) is 10.8. The molecule has 4 unspecified atom stereocenters. The summed E-state index contributed by atoms with van der Waals surface area (Å²) in [6, 6.07) is 2.11. The number of benzene rings is 1. The number of aliphatic hydroxyl groups excluding tert-OH is 1. The molecule has 4 aliphatic rings. The summed E-state index contributed by atoms with van der Waals surface area (Å²) < 4.78 is 17.1. The van der Waals surface area contributed by atoms with Crippen molar-refractivity contribution in [3.8, 4) is 17.6 Å². The van der Waals surface area contributed by atoms with E-state index in [1.54, 1.807) is 7.11 Å². The number of aryl methyl sites for hydroxylation is 1. The van der Waals surface area contributed by atoms with E-state index >= 15 is 0 Å². The van der Waals surface area contributed by atoms with Crippen molar-refractivity contribution in [2.75, 3.05) is 34.6 Å². The standard InChI is InChI=1S/C29H34N4O7/c1-13-7-16-8-18-20(10-30)33-19(24(32(18)4)22(16)29(28(13)39-6)40-12-38-5)9-17-23(21(33)11-31-15(3)34)27(37)26(36)14(2)25(17)35/h7,18-21,24,35H,8-9,11-12H2,1-6H3,(H,31,34)/t18?,19?,20-,21?,24?/m0/s1. The predicted molar refractivity (Wildman–Crippen MR) is 143 cm³/mol. The van der Waals surface area contributed by atoms with Crippen LogP contribution in [0.1, 0.15) is 43.0 Å². The second-order valence-electron chi connectivity index (χ2n) is 10.8. The molecule has 0 spiro atoms. The first-order valence-electron chi connectivity index (χ1n) is 13.2. The van der Waals surface area contributed by atoms with Crippen LogP contribution in [0.2, 0.25) is 0 Å². The molecule has 11 nitrogen and oxygen atoms in total. The third-order valence-corrected chi connectivity index (χ3v) is 8.73. The Hall–Kier alpha value is -3.72. The number of amides is 1. The van der Waals surface area contributed by atoms with Crippen molar-refractivity contribution in [3.63, 3.8) is 0 Å². The highest BCUT2D eigenvalue weighted by atomic mass is 16.7. The van der Waals surface area contributed by atoms with E-state index in [2.05, 4.69) is 22.4 Å². The Morgan fingerprint density at radius 1 is 1.18 bits per heavy atom. The van der Waals surface area contributed by atoms with Gasteiger partial charge < -0.3 is 24.6 Å². The van der Waals surface area contributed by atoms with Crippen molar-refractivity contribution in [2.24, 2.45) is 0 Å². The Bertz CT molecular complexity index is 1410. The summed E-state index contributed by atoms with van der Waals surface area (Å²) in [6.45, 7) is 4.76. The number of Topliss-reactive ketones (excluding diaryl/α,β-unsaturated/α-hetero) is 2. The monoisotopic (exact) mass is 550 g/mol. The van der Waals surface area contributed by atoms with E-state index < -0.39 is 29.7 Å². The molecule has 1 amide bonds. The number of likely N-dealkylation sites (N-methyl/N-ethyl adjacent to an activating group) is 1. The van der Waals surface area contributed by atoms with Crippen LogP contribution in [0.3, 0.4) is 0 Å². The van der Waals surface area contributed by atoms with Crippen LogP contribution in [0, 0.1) is 18.3 Å². The fourth-order valence-electron chi connectivity index (χ4n) is 7.06. The third-order valence-electron chi connectivity index (χ3n) is 8.73. The number of nitrogens with one attached hydrogen (secondary N) is 1. The zero-order valence-electron chi connectivity index (χ0n) is 23.5. The lowest BCUT2D eigenvalue weighted by Gasteiger charge is -2.60. The van der Waals surface area contributed by atoms with Crippen LogP contribution in [0.5, 0.6) is 11.5 Å². The first-order chi connectivity index (χ1) is 19.1. The molecule has 1 aliphatic carbocycles. The number of fused-ring (bicyclic) bond motifs is 6. The predicted octanol–water partition coefficient (Wildman–Crippen LogP) is 1.65. The van der Waals surface area contributed by atoms with Crippen LogP contribution in [0.25, 0.3) is 0 Å². The Kier molecular flexibility index (Phi) is 7.20. The Labute approximate surface area is 233 Å². The molecule has 1 saturated heterocycles. The largest absolute Gasteiger partial charge is 0.507 e. The summed E-state index contributed by atoms with van der Waals surface area (Å²) >= 11 is 0. The molecule has 1 aromatic rings. The van der Waals surface area contributed by atoms with E-state index in [0.29, 0.717) is 23.5 Å². The van der Waals surface area contributed by atoms with Crippen molar-refractivity contribution in [1.82, 2.24) is 15.1 Å². The number of rotatable bonds is 6. The molecule has 2 bridgehead atoms. The highest BCUT2D eigenvalue weighted by Gasteiger charge is 2.57. The molecule has 3 aliphatic heterocycles. The average Bonchev–Trinajstić information content (AvgIpc) is 2.92. The van der Waals surface area contributed by atoms with Crippen molar-refractivity contribution in [1.29, 1.82) is 5.26 Å². The van der Waals surface area contributed by atoms with Crippen LogP contribution in [0.15, 0.2) is 28.5 Å². The van der Waals surface area contributed by atoms with Crippen molar-refractivity contribution < 1.29 is 33.7 Å². The number of carbonyl (C=O) groups excluding carboxylic acids is 3. The topological polar surface area (TPSA) is 141 Å². The number of allylic oxidation sites excluding steroid dienone is 2. The Morgan fingerprint density at radius 2 is 1.90 bits per heavy atom. The van der Waals surface area contributed by atoms with Gasteiger partial charge in [-0.15, -0.1) is 0 Å². The average molecular weight is 551 g/mol. The van der Waals surface area contributed by atoms with Gasteiger partial charge in [0.15, 0.2) is 18.3 Å². The normalized spacial score (nSPS) is 28.0. The van der Waals surface area contributed by atoms with Crippen LogP contribution in [-0.4, -0.2) is 91.2 Å². The number of nitrogens with zero attached hydrogens (tertiary/aromatic N) is 3. The molecule has 3 heterocycles. The summed E-state index contributed by atoms with van der Waals surface area (Å²) in [5.74, 6) is -0.863. The Morgan fingerprint density at radius 3 is 2.52 bits per heavy atom. The van der Waals surface area contributed by atoms with E-state index in [-0.39, 0.29) is 54.7 Å². The minimum absolute atomic E-state index is 0.000180. The quantitative estimate of drug-likeness (QED) is 0.305. The fourth-order valence-corrected chi connectivity index (χ4v) is 7.06. The SMILES string of the molecule is COCOc1c(OC)c(C)cc2c1C1C3CC4=C(C(=O)C(=O)C(C)=C4O)C(CNC(C)=O)N3[C@@H](C#N)C(C2)N1C. The van der Waals surface area contributed by atoms with Crippen LogP contribution in [-0.2, 0) is 25.5 Å². The van der Waals surface area contributed by atoms with E-state index in [1.807, 2.05) is 18.9 Å². The molecule has 40 heavy (non-hydrogen) atoms. The minimum Gasteiger partial charge on any atom is -0.507 e. The van der Waals surface area contributed by atoms with Crippen molar-refractivity contribution >= 4 is 17.5 Å². The molecule has 0 radical (unpaired) electrons. The molecule has 1 fully saturated rings. The van der Waals surface area contributed by atoms with Gasteiger partial charge in [0.1, 0.15) is 11.8 Å². The van der Waals surface area contributed by atoms with Gasteiger partial charge >= 0.3 is 0 Å². The van der Waals surface area contributed by atoms with Crippen LogP contribution >= 0.6 is 0 Å². The van der Waals surface area contributed by atoms with Gasteiger partial charge in [-0.2, -0.15) is 5.26 Å². The van der Waals surface area contributed by atoms with Gasteiger partial charge in [-0.05, 0) is 44.9 Å². The third kappa shape index (κ3) is 4.01. The summed E-state index contributed by atoms with van der Waals surface area (Å²) in [5, 5.41) is 24.5. The first kappa shape index (κ1) is 27.8. The summed E-state index contributed by atoms with van der Waals surface area (Å²) in [4.78, 5) is 42.4. The smallest absolute Gasteiger partial charge is 0.232 e. The van der Waals surface area contributed by atoms with Crippen LogP contribution < -0.4 is 14.8 Å². The molecule has 212 valence electrons. The molecule has 5 rings (SSSR count). The second kappa shape index (κ2) is 10.4. The van der Waals surface area contributed by atoms with Gasteiger partial charge in [0.05, 0.1) is 25.3 Å². The summed E-state index contributed by atoms with van der Waals surface area (Å²) in [7, 11) is 5.09. The number of hydrogen-bond acceptors (Lipinski definition) is 10. The van der Waals surface area contributed by atoms with Gasteiger partial charge in [-0.1, -0.05) is 6.07 Å². The van der Waals surface area contributed by atoms with Gasteiger partial charge in [-0.3, -0.25) is 24.2 Å². The van der Waals surface area contributed by atoms with Gasteiger partial charge in [0.2, 0.25) is 17.5 Å². The molecule has 0 saturated carbocycles. The summed E-state index contributed by atoms with van der Waals surface area (Å²) in [6.07, 6.45) is 0.751. The fraction of sp³-hybridized carbons (Fsp3) is 0.517. The lowest BCUT2D eigenvalue weighted by Crippen LogP contribution is -2.71. The highest BCUT2D eigenvalue weighted by molar-refractivity contribution is 6.50. The Balaban J connectivity index is 1.76. The number of carbonyl (C=O) groups is 3. The van der Waals surface area contributed by atoms with Crippen molar-refractivity contribution in [2.45, 2.75) is 63.8 Å². The van der Waals surface area contributed by atoms with Crippen molar-refractivity contribution in [3.05, 3.63) is 45.2 Å². The van der Waals surface area contributed by atoms with E-state index in [9.17, 15) is 24.8 Å². The number of hydrogen-bond donors (Lipinski definition) is 2. The molecule has 2 N–H and O–H groups in total. The highest BCUT2D eigenvalue weighted by Crippen LogP contribution is 2.54. The zero-order valence-corrected chi connectivity index (χ0v) is 23.5. The van der Waals surface area contributed by atoms with Gasteiger partial charge in [0.25, 0.3) is 0 Å². The molecular formula is C29H34N4O7. The lowest BCUT2D eigenvalue weighted by molar-refractivity contribution is -0.134. The molecule has 1 aromatic carbocycles. The maximum atomic E-state index is 13.4. The number of ether oxygens (including phenoxy) is 3. The molecular weight excluding hydrogens is 516 g/mol. The molecule has 11 heteroatoms. The van der Waals surface area contributed by atoms with E-state index in [4.69, 9.17) is 14.2 Å².